The van der Waals surface area contributed by atoms with Crippen LogP contribution in [0.2, 0.25) is 0 Å². The standard InChI is InChI=1S/C46H68N4O7/c1-7-8-13-34-16-18-35(19-17-34)36-20-22-37(23-21-36)41(52)29-38(14-9-11-24-47)46(57)49-39(15-10-12-25-48)42(53)28-32(5)45(56)50-40(26-30(2)3)43(54)27-31(4)44(55)33(6)51/h16-23,30-32,38-40H,7-15,24-29,47-48H2,1-6H3,(H,49,57)(H,50,56)/t31-,32+,38+,39?,40-/m0/s1. The third kappa shape index (κ3) is 17.4. The van der Waals surface area contributed by atoms with Crippen molar-refractivity contribution >= 4 is 40.7 Å². The number of carbonyl (C=O) groups excluding carboxylic acids is 7. The second kappa shape index (κ2) is 25.8. The SMILES string of the molecule is CCCCc1ccc(-c2ccc(C(=O)C[C@@H](CCCCN)C(=O)NC(CCCCN)C(=O)C[C@@H](C)C(=O)N[C@@H](CC(C)C)C(=O)C[C@H](C)C(=O)C(C)=O)cc2)cc1. The van der Waals surface area contributed by atoms with Crippen LogP contribution < -0.4 is 22.1 Å². The quantitative estimate of drug-likeness (QED) is 0.0404. The molecular formula is C46H68N4O7. The maximum absolute atomic E-state index is 13.9. The molecule has 11 heteroatoms. The third-order valence-electron chi connectivity index (χ3n) is 10.4. The van der Waals surface area contributed by atoms with Crippen LogP contribution >= 0.6 is 0 Å². The van der Waals surface area contributed by atoms with Gasteiger partial charge in [-0.05, 0) is 87.1 Å². The summed E-state index contributed by atoms with van der Waals surface area (Å²) >= 11 is 0. The number of hydrogen-bond acceptors (Lipinski definition) is 9. The lowest BCUT2D eigenvalue weighted by Crippen LogP contribution is -2.47. The summed E-state index contributed by atoms with van der Waals surface area (Å²) in [5, 5.41) is 5.70. The first-order chi connectivity index (χ1) is 27.1. The van der Waals surface area contributed by atoms with Crippen molar-refractivity contribution in [1.29, 1.82) is 0 Å². The van der Waals surface area contributed by atoms with Crippen LogP contribution in [0.15, 0.2) is 48.5 Å². The summed E-state index contributed by atoms with van der Waals surface area (Å²) in [6, 6.07) is 14.1. The number of Topliss-reactive ketones (excluding diaryl/α,β-unsaturated/α-hetero) is 5. The fourth-order valence-electron chi connectivity index (χ4n) is 6.87. The number of amides is 2. The fourth-order valence-corrected chi connectivity index (χ4v) is 6.87. The van der Waals surface area contributed by atoms with E-state index in [2.05, 4.69) is 41.8 Å². The van der Waals surface area contributed by atoms with Gasteiger partial charge in [0.15, 0.2) is 23.1 Å². The van der Waals surface area contributed by atoms with E-state index in [0.29, 0.717) is 63.6 Å². The van der Waals surface area contributed by atoms with Gasteiger partial charge in [0.2, 0.25) is 17.6 Å². The zero-order chi connectivity index (χ0) is 42.5. The largest absolute Gasteiger partial charge is 0.346 e. The molecule has 2 aromatic rings. The predicted molar refractivity (Wildman–Crippen MR) is 225 cm³/mol. The molecule has 0 bridgehead atoms. The zero-order valence-electron chi connectivity index (χ0n) is 35.2. The Bertz CT molecular complexity index is 1620. The summed E-state index contributed by atoms with van der Waals surface area (Å²) in [7, 11) is 0. The molecule has 2 amide bonds. The van der Waals surface area contributed by atoms with Crippen LogP contribution in [-0.4, -0.2) is 65.9 Å². The van der Waals surface area contributed by atoms with E-state index in [0.717, 1.165) is 37.3 Å². The van der Waals surface area contributed by atoms with Crippen molar-refractivity contribution in [2.45, 2.75) is 137 Å². The van der Waals surface area contributed by atoms with E-state index in [-0.39, 0.29) is 42.5 Å². The monoisotopic (exact) mass is 789 g/mol. The summed E-state index contributed by atoms with van der Waals surface area (Å²) in [4.78, 5) is 91.5. The van der Waals surface area contributed by atoms with Gasteiger partial charge in [-0.2, -0.15) is 0 Å². The molecular weight excluding hydrogens is 721 g/mol. The summed E-state index contributed by atoms with van der Waals surface area (Å²) in [5.41, 5.74) is 15.3. The number of nitrogens with one attached hydrogen (secondary N) is 2. The highest BCUT2D eigenvalue weighted by Gasteiger charge is 2.32. The number of aryl methyl sites for hydroxylation is 1. The lowest BCUT2D eigenvalue weighted by molar-refractivity contribution is -0.139. The molecule has 0 saturated carbocycles. The zero-order valence-corrected chi connectivity index (χ0v) is 35.2. The van der Waals surface area contributed by atoms with Gasteiger partial charge in [-0.3, -0.25) is 33.6 Å². The first-order valence-corrected chi connectivity index (χ1v) is 20.9. The molecule has 0 radical (unpaired) electrons. The number of unbranched alkanes of at least 4 members (excludes halogenated alkanes) is 3. The minimum Gasteiger partial charge on any atom is -0.346 e. The Morgan fingerprint density at radius 3 is 1.68 bits per heavy atom. The van der Waals surface area contributed by atoms with Crippen LogP contribution in [0.25, 0.3) is 11.1 Å². The second-order valence-electron chi connectivity index (χ2n) is 16.1. The first kappa shape index (κ1) is 48.8. The average Bonchev–Trinajstić information content (AvgIpc) is 3.18. The van der Waals surface area contributed by atoms with E-state index in [1.54, 1.807) is 19.1 Å². The lowest BCUT2D eigenvalue weighted by Gasteiger charge is -2.25. The van der Waals surface area contributed by atoms with Crippen molar-refractivity contribution < 1.29 is 33.6 Å². The Morgan fingerprint density at radius 2 is 1.14 bits per heavy atom. The van der Waals surface area contributed by atoms with Gasteiger partial charge < -0.3 is 22.1 Å². The number of carbonyl (C=O) groups is 7. The molecule has 0 aliphatic rings. The molecule has 2 rings (SSSR count). The lowest BCUT2D eigenvalue weighted by atomic mass is 9.90. The Labute approximate surface area is 340 Å². The highest BCUT2D eigenvalue weighted by molar-refractivity contribution is 6.37. The normalized spacial score (nSPS) is 13.9. The number of benzene rings is 2. The van der Waals surface area contributed by atoms with Gasteiger partial charge in [0.05, 0.1) is 12.1 Å². The van der Waals surface area contributed by atoms with Crippen molar-refractivity contribution in [3.8, 4) is 11.1 Å². The molecule has 0 aliphatic heterocycles. The molecule has 0 spiro atoms. The molecule has 5 atom stereocenters. The maximum atomic E-state index is 13.9. The van der Waals surface area contributed by atoms with Gasteiger partial charge in [0.25, 0.3) is 0 Å². The first-order valence-electron chi connectivity index (χ1n) is 20.9. The summed E-state index contributed by atoms with van der Waals surface area (Å²) in [5.74, 6) is -5.32. The molecule has 0 heterocycles. The van der Waals surface area contributed by atoms with Crippen LogP contribution in [0, 0.1) is 23.7 Å². The van der Waals surface area contributed by atoms with E-state index in [1.165, 1.54) is 12.5 Å². The molecule has 0 saturated heterocycles. The Morgan fingerprint density at radius 1 is 0.614 bits per heavy atom. The minimum atomic E-state index is -0.898. The molecule has 1 unspecified atom stereocenters. The number of rotatable bonds is 29. The van der Waals surface area contributed by atoms with Crippen molar-refractivity contribution in [1.82, 2.24) is 10.6 Å². The van der Waals surface area contributed by atoms with E-state index >= 15 is 0 Å². The van der Waals surface area contributed by atoms with Crippen molar-refractivity contribution in [3.05, 3.63) is 59.7 Å². The second-order valence-corrected chi connectivity index (χ2v) is 16.1. The Hall–Kier alpha value is -4.35. The molecule has 2 aromatic carbocycles. The summed E-state index contributed by atoms with van der Waals surface area (Å²) in [6.45, 7) is 11.1. The van der Waals surface area contributed by atoms with Crippen LogP contribution in [-0.2, 0) is 35.2 Å². The summed E-state index contributed by atoms with van der Waals surface area (Å²) in [6.07, 6.45) is 6.50. The van der Waals surface area contributed by atoms with Crippen molar-refractivity contribution in [2.75, 3.05) is 13.1 Å². The molecule has 6 N–H and O–H groups in total. The fraction of sp³-hybridized carbons (Fsp3) is 0.587. The molecule has 0 fully saturated rings. The Balaban J connectivity index is 2.17. The molecule has 57 heavy (non-hydrogen) atoms. The predicted octanol–water partition coefficient (Wildman–Crippen LogP) is 6.51. The highest BCUT2D eigenvalue weighted by atomic mass is 16.2. The number of nitrogens with two attached hydrogens (primary N) is 2. The van der Waals surface area contributed by atoms with E-state index in [1.807, 2.05) is 26.0 Å². The van der Waals surface area contributed by atoms with Crippen LogP contribution in [0.1, 0.15) is 135 Å². The average molecular weight is 789 g/mol. The molecule has 0 aromatic heterocycles. The molecule has 11 nitrogen and oxygen atoms in total. The Kier molecular flexibility index (Phi) is 22.1. The van der Waals surface area contributed by atoms with E-state index in [9.17, 15) is 33.6 Å². The number of hydrogen-bond donors (Lipinski definition) is 4. The van der Waals surface area contributed by atoms with Crippen LogP contribution in [0.3, 0.4) is 0 Å². The molecule has 314 valence electrons. The summed E-state index contributed by atoms with van der Waals surface area (Å²) < 4.78 is 0. The highest BCUT2D eigenvalue weighted by Crippen LogP contribution is 2.24. The van der Waals surface area contributed by atoms with Crippen molar-refractivity contribution in [3.63, 3.8) is 0 Å². The van der Waals surface area contributed by atoms with Crippen LogP contribution in [0.4, 0.5) is 0 Å². The minimum absolute atomic E-state index is 0.0354. The van der Waals surface area contributed by atoms with Gasteiger partial charge in [-0.25, -0.2) is 0 Å². The van der Waals surface area contributed by atoms with Crippen molar-refractivity contribution in [2.24, 2.45) is 35.1 Å². The van der Waals surface area contributed by atoms with E-state index in [4.69, 9.17) is 11.5 Å². The smallest absolute Gasteiger partial charge is 0.224 e. The van der Waals surface area contributed by atoms with Gasteiger partial charge in [-0.1, -0.05) is 96.0 Å². The van der Waals surface area contributed by atoms with Gasteiger partial charge in [0, 0.05) is 49.5 Å². The van der Waals surface area contributed by atoms with Gasteiger partial charge >= 0.3 is 0 Å². The molecule has 0 aliphatic carbocycles. The topological polar surface area (TPSA) is 196 Å². The maximum Gasteiger partial charge on any atom is 0.224 e. The van der Waals surface area contributed by atoms with E-state index < -0.39 is 53.2 Å². The van der Waals surface area contributed by atoms with Crippen LogP contribution in [0.5, 0.6) is 0 Å². The number of ketones is 5. The van der Waals surface area contributed by atoms with Gasteiger partial charge in [-0.15, -0.1) is 0 Å². The third-order valence-corrected chi connectivity index (χ3v) is 10.4. The van der Waals surface area contributed by atoms with Gasteiger partial charge in [0.1, 0.15) is 0 Å².